The minimum absolute atomic E-state index is 0.227. The monoisotopic (exact) mass is 356 g/mol. The van der Waals surface area contributed by atoms with Crippen molar-refractivity contribution < 1.29 is 18.8 Å². The first kappa shape index (κ1) is 17.9. The van der Waals surface area contributed by atoms with Crippen LogP contribution in [0, 0.1) is 5.82 Å². The van der Waals surface area contributed by atoms with Crippen LogP contribution >= 0.6 is 0 Å². The smallest absolute Gasteiger partial charge is 0.264 e. The van der Waals surface area contributed by atoms with Crippen LogP contribution in [-0.2, 0) is 22.5 Å². The van der Waals surface area contributed by atoms with E-state index >= 15 is 0 Å². The van der Waals surface area contributed by atoms with Crippen LogP contribution in [0.1, 0.15) is 17.5 Å². The van der Waals surface area contributed by atoms with Crippen molar-refractivity contribution in [2.24, 2.45) is 5.16 Å². The van der Waals surface area contributed by atoms with Gasteiger partial charge in [0.15, 0.2) is 0 Å². The molecule has 1 atom stereocenters. The number of hydrogen-bond acceptors (Lipinski definition) is 4. The molecule has 0 fully saturated rings. The molecule has 5 nitrogen and oxygen atoms in total. The second kappa shape index (κ2) is 8.47. The number of carbonyl (C=O) groups excluding carboxylic acids is 1. The van der Waals surface area contributed by atoms with Crippen molar-refractivity contribution in [1.29, 1.82) is 0 Å². The van der Waals surface area contributed by atoms with Gasteiger partial charge in [0.05, 0.1) is 12.8 Å². The van der Waals surface area contributed by atoms with E-state index in [-0.39, 0.29) is 11.7 Å². The molecule has 3 rings (SSSR count). The van der Waals surface area contributed by atoms with Gasteiger partial charge < -0.3 is 14.9 Å². The summed E-state index contributed by atoms with van der Waals surface area (Å²) in [4.78, 5) is 17.4. The first-order valence-electron chi connectivity index (χ1n) is 8.51. The van der Waals surface area contributed by atoms with Crippen LogP contribution in [0.15, 0.2) is 53.7 Å². The minimum Gasteiger partial charge on any atom is -0.497 e. The first-order chi connectivity index (χ1) is 12.7. The highest BCUT2D eigenvalue weighted by atomic mass is 19.1. The molecule has 1 N–H and O–H groups in total. The summed E-state index contributed by atoms with van der Waals surface area (Å²) in [5.74, 6) is 0.310. The second-order valence-electron chi connectivity index (χ2n) is 6.11. The van der Waals surface area contributed by atoms with Gasteiger partial charge in [0.25, 0.3) is 5.91 Å². The summed E-state index contributed by atoms with van der Waals surface area (Å²) in [5.41, 5.74) is 2.48. The van der Waals surface area contributed by atoms with Crippen LogP contribution in [0.25, 0.3) is 0 Å². The number of nitrogens with one attached hydrogen (secondary N) is 1. The fourth-order valence-electron chi connectivity index (χ4n) is 2.79. The zero-order valence-corrected chi connectivity index (χ0v) is 14.6. The lowest BCUT2D eigenvalue weighted by Crippen LogP contribution is -2.36. The summed E-state index contributed by atoms with van der Waals surface area (Å²) in [6.07, 6.45) is 0.898. The molecule has 6 heteroatoms. The van der Waals surface area contributed by atoms with Gasteiger partial charge in [-0.05, 0) is 35.7 Å². The first-order valence-corrected chi connectivity index (χ1v) is 8.51. The quantitative estimate of drug-likeness (QED) is 0.830. The fraction of sp³-hybridized carbons (Fsp3) is 0.300. The van der Waals surface area contributed by atoms with Crippen LogP contribution in [0.3, 0.4) is 0 Å². The molecule has 0 saturated heterocycles. The van der Waals surface area contributed by atoms with Crippen molar-refractivity contribution >= 4 is 11.6 Å². The molecule has 136 valence electrons. The van der Waals surface area contributed by atoms with E-state index in [1.807, 2.05) is 24.3 Å². The number of carbonyl (C=O) groups is 1. The van der Waals surface area contributed by atoms with Crippen molar-refractivity contribution in [3.63, 3.8) is 0 Å². The summed E-state index contributed by atoms with van der Waals surface area (Å²) < 4.78 is 18.7. The molecule has 0 aliphatic carbocycles. The highest BCUT2D eigenvalue weighted by Crippen LogP contribution is 2.17. The van der Waals surface area contributed by atoms with Gasteiger partial charge in [-0.15, -0.1) is 0 Å². The molecule has 2 aromatic rings. The molecule has 0 saturated carbocycles. The van der Waals surface area contributed by atoms with Gasteiger partial charge >= 0.3 is 0 Å². The highest BCUT2D eigenvalue weighted by Gasteiger charge is 2.27. The molecule has 0 spiro atoms. The molecule has 1 aliphatic rings. The van der Waals surface area contributed by atoms with E-state index in [1.165, 1.54) is 6.07 Å². The Morgan fingerprint density at radius 3 is 2.77 bits per heavy atom. The Morgan fingerprint density at radius 1 is 1.27 bits per heavy atom. The van der Waals surface area contributed by atoms with Gasteiger partial charge in [-0.1, -0.05) is 35.5 Å². The van der Waals surface area contributed by atoms with Crippen LogP contribution < -0.4 is 10.1 Å². The van der Waals surface area contributed by atoms with Gasteiger partial charge in [0.2, 0.25) is 6.10 Å². The standard InChI is InChI=1S/C20H21FN2O3/c1-25-17-8-6-14(7-9-17)12-16-13-19(26-23-16)20(24)22-11-10-15-4-2-3-5-18(15)21/h2-9,19H,10-13H2,1H3,(H,22,24). The third-order valence-corrected chi connectivity index (χ3v) is 4.24. The number of amides is 1. The SMILES string of the molecule is COc1ccc(CC2=NOC(C(=O)NCCc3ccccc3F)C2)cc1. The predicted octanol–water partition coefficient (Wildman–Crippen LogP) is 2.88. The van der Waals surface area contributed by atoms with E-state index in [0.717, 1.165) is 17.0 Å². The van der Waals surface area contributed by atoms with E-state index in [0.29, 0.717) is 31.4 Å². The van der Waals surface area contributed by atoms with Crippen LogP contribution in [0.4, 0.5) is 4.39 Å². The number of rotatable bonds is 7. The molecule has 0 radical (unpaired) electrons. The maximum absolute atomic E-state index is 13.6. The summed E-state index contributed by atoms with van der Waals surface area (Å²) in [6, 6.07) is 14.2. The molecule has 1 heterocycles. The van der Waals surface area contributed by atoms with Crippen molar-refractivity contribution in [2.75, 3.05) is 13.7 Å². The lowest BCUT2D eigenvalue weighted by Gasteiger charge is -2.10. The largest absolute Gasteiger partial charge is 0.497 e. The van der Waals surface area contributed by atoms with Gasteiger partial charge in [0, 0.05) is 19.4 Å². The predicted molar refractivity (Wildman–Crippen MR) is 96.7 cm³/mol. The van der Waals surface area contributed by atoms with Crippen LogP contribution in [0.5, 0.6) is 5.75 Å². The third-order valence-electron chi connectivity index (χ3n) is 4.24. The Bertz CT molecular complexity index is 790. The Labute approximate surface area is 151 Å². The van der Waals surface area contributed by atoms with Crippen molar-refractivity contribution in [1.82, 2.24) is 5.32 Å². The minimum atomic E-state index is -0.621. The van der Waals surface area contributed by atoms with Gasteiger partial charge in [-0.2, -0.15) is 0 Å². The number of nitrogens with zero attached hydrogens (tertiary/aromatic N) is 1. The Kier molecular flexibility index (Phi) is 5.84. The van der Waals surface area contributed by atoms with E-state index in [1.54, 1.807) is 25.3 Å². The third kappa shape index (κ3) is 4.59. The molecule has 1 aliphatic heterocycles. The molecule has 0 aromatic heterocycles. The molecule has 1 amide bonds. The van der Waals surface area contributed by atoms with Crippen molar-refractivity contribution in [2.45, 2.75) is 25.4 Å². The molecule has 0 bridgehead atoms. The Morgan fingerprint density at radius 2 is 2.04 bits per heavy atom. The second-order valence-corrected chi connectivity index (χ2v) is 6.11. The van der Waals surface area contributed by atoms with Crippen molar-refractivity contribution in [3.8, 4) is 5.75 Å². The van der Waals surface area contributed by atoms with E-state index in [2.05, 4.69) is 10.5 Å². The zero-order valence-electron chi connectivity index (χ0n) is 14.6. The van der Waals surface area contributed by atoms with Crippen LogP contribution in [-0.4, -0.2) is 31.4 Å². The van der Waals surface area contributed by atoms with E-state index < -0.39 is 6.10 Å². The van der Waals surface area contributed by atoms with Crippen LogP contribution in [0.2, 0.25) is 0 Å². The maximum Gasteiger partial charge on any atom is 0.264 e. The molecule has 1 unspecified atom stereocenters. The van der Waals surface area contributed by atoms with Crippen molar-refractivity contribution in [3.05, 3.63) is 65.5 Å². The topological polar surface area (TPSA) is 59.9 Å². The Hall–Kier alpha value is -2.89. The summed E-state index contributed by atoms with van der Waals surface area (Å²) in [6.45, 7) is 0.355. The Balaban J connectivity index is 1.43. The van der Waals surface area contributed by atoms with Gasteiger partial charge in [0.1, 0.15) is 11.6 Å². The van der Waals surface area contributed by atoms with Gasteiger partial charge in [-0.3, -0.25) is 4.79 Å². The molecular formula is C20H21FN2O3. The van der Waals surface area contributed by atoms with E-state index in [9.17, 15) is 9.18 Å². The number of hydrogen-bond donors (Lipinski definition) is 1. The summed E-state index contributed by atoms with van der Waals surface area (Å²) in [5, 5.41) is 6.80. The average Bonchev–Trinajstić information content (AvgIpc) is 3.12. The molecule has 26 heavy (non-hydrogen) atoms. The lowest BCUT2D eigenvalue weighted by atomic mass is 10.0. The zero-order chi connectivity index (χ0) is 18.4. The molecular weight excluding hydrogens is 335 g/mol. The number of benzene rings is 2. The number of ether oxygens (including phenoxy) is 1. The normalized spacial score (nSPS) is 15.9. The number of halogens is 1. The summed E-state index contributed by atoms with van der Waals surface area (Å²) >= 11 is 0. The highest BCUT2D eigenvalue weighted by molar-refractivity contribution is 5.93. The maximum atomic E-state index is 13.6. The summed E-state index contributed by atoms with van der Waals surface area (Å²) in [7, 11) is 1.62. The van der Waals surface area contributed by atoms with Gasteiger partial charge in [-0.25, -0.2) is 4.39 Å². The fourth-order valence-corrected chi connectivity index (χ4v) is 2.79. The number of methoxy groups -OCH3 is 1. The average molecular weight is 356 g/mol. The molecule has 2 aromatic carbocycles. The van der Waals surface area contributed by atoms with E-state index in [4.69, 9.17) is 9.57 Å². The number of oxime groups is 1. The lowest BCUT2D eigenvalue weighted by molar-refractivity contribution is -0.131.